The third-order valence-electron chi connectivity index (χ3n) is 6.23. The van der Waals surface area contributed by atoms with Crippen LogP contribution >= 0.6 is 0 Å². The first-order chi connectivity index (χ1) is 13.8. The van der Waals surface area contributed by atoms with Crippen molar-refractivity contribution in [2.24, 2.45) is 5.41 Å². The van der Waals surface area contributed by atoms with Crippen molar-refractivity contribution in [3.05, 3.63) is 50.9 Å². The van der Waals surface area contributed by atoms with Crippen LogP contribution in [-0.2, 0) is 11.2 Å². The number of nitrogens with zero attached hydrogens (tertiary/aromatic N) is 2. The lowest BCUT2D eigenvalue weighted by atomic mass is 9.92. The number of likely N-dealkylation sites (tertiary alicyclic amines) is 1. The number of aromatic nitrogens is 1. The molecule has 8 heteroatoms. The molecule has 2 aromatic rings. The number of nitrogens with one attached hydrogen (secondary N) is 1. The summed E-state index contributed by atoms with van der Waals surface area (Å²) in [6.07, 6.45) is 2.90. The Labute approximate surface area is 168 Å². The van der Waals surface area contributed by atoms with Gasteiger partial charge >= 0.3 is 0 Å². The molecule has 2 aliphatic rings. The molecule has 2 amide bonds. The maximum atomic E-state index is 12.7. The van der Waals surface area contributed by atoms with Gasteiger partial charge in [-0.25, -0.2) is 0 Å². The minimum absolute atomic E-state index is 0.0413. The molecule has 4 rings (SSSR count). The van der Waals surface area contributed by atoms with Gasteiger partial charge in [0, 0.05) is 36.8 Å². The summed E-state index contributed by atoms with van der Waals surface area (Å²) in [6, 6.07) is 2.62. The zero-order chi connectivity index (χ0) is 20.8. The Kier molecular flexibility index (Phi) is 4.80. The molecule has 1 aliphatic heterocycles. The summed E-state index contributed by atoms with van der Waals surface area (Å²) in [5, 5.41) is 6.89. The van der Waals surface area contributed by atoms with Gasteiger partial charge in [0.05, 0.1) is 12.1 Å². The fraction of sp³-hybridized carbons (Fsp3) is 0.524. The van der Waals surface area contributed by atoms with Crippen molar-refractivity contribution in [1.29, 1.82) is 0 Å². The number of aryl methyl sites for hydroxylation is 3. The van der Waals surface area contributed by atoms with Gasteiger partial charge in [-0.05, 0) is 45.4 Å². The van der Waals surface area contributed by atoms with E-state index < -0.39 is 0 Å². The van der Waals surface area contributed by atoms with E-state index in [0.29, 0.717) is 31.0 Å². The fourth-order valence-corrected chi connectivity index (χ4v) is 4.27. The van der Waals surface area contributed by atoms with Crippen molar-refractivity contribution < 1.29 is 18.5 Å². The number of hydrogen-bond donors (Lipinski definition) is 1. The highest BCUT2D eigenvalue weighted by atomic mass is 16.5. The van der Waals surface area contributed by atoms with Gasteiger partial charge in [0.1, 0.15) is 11.5 Å². The van der Waals surface area contributed by atoms with Gasteiger partial charge in [-0.1, -0.05) is 5.16 Å². The van der Waals surface area contributed by atoms with Crippen LogP contribution in [0.4, 0.5) is 0 Å². The van der Waals surface area contributed by atoms with Crippen LogP contribution in [0, 0.1) is 26.2 Å². The van der Waals surface area contributed by atoms with E-state index in [1.807, 2.05) is 18.7 Å². The molecule has 1 N–H and O–H groups in total. The molecular formula is C21H25N3O5. The highest BCUT2D eigenvalue weighted by molar-refractivity contribution is 5.91. The van der Waals surface area contributed by atoms with Crippen LogP contribution in [0.25, 0.3) is 0 Å². The zero-order valence-electron chi connectivity index (χ0n) is 16.9. The molecule has 3 heterocycles. The molecule has 0 aromatic carbocycles. The van der Waals surface area contributed by atoms with Gasteiger partial charge in [0.15, 0.2) is 11.2 Å². The average Bonchev–Trinajstić information content (AvgIpc) is 3.23. The Morgan fingerprint density at radius 2 is 1.97 bits per heavy atom. The molecule has 1 saturated heterocycles. The first-order valence-electron chi connectivity index (χ1n) is 9.90. The molecule has 2 fully saturated rings. The zero-order valence-corrected chi connectivity index (χ0v) is 16.9. The monoisotopic (exact) mass is 399 g/mol. The van der Waals surface area contributed by atoms with Crippen molar-refractivity contribution in [3.63, 3.8) is 0 Å². The molecule has 154 valence electrons. The molecule has 2 aromatic heterocycles. The number of piperidine rings is 1. The number of rotatable bonds is 4. The molecular weight excluding hydrogens is 374 g/mol. The number of carbonyl (C=O) groups excluding carboxylic acids is 2. The van der Waals surface area contributed by atoms with Crippen LogP contribution in [-0.4, -0.2) is 41.0 Å². The van der Waals surface area contributed by atoms with Crippen molar-refractivity contribution in [3.8, 4) is 0 Å². The van der Waals surface area contributed by atoms with E-state index in [2.05, 4.69) is 10.5 Å². The van der Waals surface area contributed by atoms with Gasteiger partial charge in [0.2, 0.25) is 5.91 Å². The summed E-state index contributed by atoms with van der Waals surface area (Å²) in [4.78, 5) is 38.5. The van der Waals surface area contributed by atoms with E-state index in [0.717, 1.165) is 30.5 Å². The Morgan fingerprint density at radius 1 is 1.24 bits per heavy atom. The number of amides is 2. The van der Waals surface area contributed by atoms with Gasteiger partial charge in [-0.2, -0.15) is 0 Å². The van der Waals surface area contributed by atoms with Gasteiger partial charge < -0.3 is 19.2 Å². The average molecular weight is 399 g/mol. The molecule has 8 nitrogen and oxygen atoms in total. The summed E-state index contributed by atoms with van der Waals surface area (Å²) in [5.41, 5.74) is 1.43. The maximum absolute atomic E-state index is 12.7. The SMILES string of the molecule is Cc1cc(=O)cc(C(=O)NC2CC23CCN(C(=O)Cc2c(C)noc2C)CC3)o1. The molecule has 1 spiro atoms. The Bertz CT molecular complexity index is 994. The largest absolute Gasteiger partial charge is 0.456 e. The van der Waals surface area contributed by atoms with Crippen LogP contribution in [0.5, 0.6) is 0 Å². The third-order valence-corrected chi connectivity index (χ3v) is 6.23. The lowest BCUT2D eigenvalue weighted by molar-refractivity contribution is -0.132. The molecule has 1 aliphatic carbocycles. The van der Waals surface area contributed by atoms with Gasteiger partial charge in [0.25, 0.3) is 5.91 Å². The van der Waals surface area contributed by atoms with E-state index >= 15 is 0 Å². The molecule has 0 bridgehead atoms. The summed E-state index contributed by atoms with van der Waals surface area (Å²) >= 11 is 0. The second-order valence-corrected chi connectivity index (χ2v) is 8.22. The Morgan fingerprint density at radius 3 is 2.59 bits per heavy atom. The van der Waals surface area contributed by atoms with Crippen molar-refractivity contribution in [2.75, 3.05) is 13.1 Å². The second kappa shape index (κ2) is 7.17. The Hall–Kier alpha value is -2.90. The lowest BCUT2D eigenvalue weighted by Crippen LogP contribution is -2.42. The minimum atomic E-state index is -0.357. The quantitative estimate of drug-likeness (QED) is 0.842. The predicted octanol–water partition coefficient (Wildman–Crippen LogP) is 1.91. The fourth-order valence-electron chi connectivity index (χ4n) is 4.27. The van der Waals surface area contributed by atoms with E-state index in [1.165, 1.54) is 12.1 Å². The molecule has 1 saturated carbocycles. The minimum Gasteiger partial charge on any atom is -0.456 e. The van der Waals surface area contributed by atoms with E-state index in [-0.39, 0.29) is 34.5 Å². The predicted molar refractivity (Wildman–Crippen MR) is 104 cm³/mol. The molecule has 0 radical (unpaired) electrons. The van der Waals surface area contributed by atoms with Crippen LogP contribution in [0.1, 0.15) is 52.6 Å². The van der Waals surface area contributed by atoms with Crippen LogP contribution in [0.15, 0.2) is 25.9 Å². The molecule has 1 unspecified atom stereocenters. The lowest BCUT2D eigenvalue weighted by Gasteiger charge is -2.33. The Balaban J connectivity index is 1.31. The summed E-state index contributed by atoms with van der Waals surface area (Å²) in [7, 11) is 0. The topological polar surface area (TPSA) is 106 Å². The summed E-state index contributed by atoms with van der Waals surface area (Å²) in [5.74, 6) is 0.876. The normalized spacial score (nSPS) is 20.0. The van der Waals surface area contributed by atoms with Gasteiger partial charge in [-0.3, -0.25) is 14.4 Å². The van der Waals surface area contributed by atoms with E-state index in [1.54, 1.807) is 6.92 Å². The second-order valence-electron chi connectivity index (χ2n) is 8.22. The number of hydrogen-bond acceptors (Lipinski definition) is 6. The summed E-state index contributed by atoms with van der Waals surface area (Å²) in [6.45, 7) is 6.66. The highest BCUT2D eigenvalue weighted by Crippen LogP contribution is 2.54. The van der Waals surface area contributed by atoms with E-state index in [9.17, 15) is 14.4 Å². The van der Waals surface area contributed by atoms with Crippen LogP contribution in [0.3, 0.4) is 0 Å². The van der Waals surface area contributed by atoms with Crippen LogP contribution in [0.2, 0.25) is 0 Å². The van der Waals surface area contributed by atoms with Crippen molar-refractivity contribution in [1.82, 2.24) is 15.4 Å². The smallest absolute Gasteiger partial charge is 0.287 e. The molecule has 29 heavy (non-hydrogen) atoms. The molecule has 1 atom stereocenters. The summed E-state index contributed by atoms with van der Waals surface area (Å²) < 4.78 is 10.5. The first-order valence-corrected chi connectivity index (χ1v) is 9.90. The maximum Gasteiger partial charge on any atom is 0.287 e. The van der Waals surface area contributed by atoms with Crippen molar-refractivity contribution in [2.45, 2.75) is 52.5 Å². The third kappa shape index (κ3) is 3.83. The van der Waals surface area contributed by atoms with Crippen molar-refractivity contribution >= 4 is 11.8 Å². The highest BCUT2D eigenvalue weighted by Gasteiger charge is 2.56. The number of carbonyl (C=O) groups is 2. The van der Waals surface area contributed by atoms with E-state index in [4.69, 9.17) is 8.94 Å². The first kappa shape index (κ1) is 19.4. The standard InChI is InChI=1S/C21H25N3O5/c1-12-8-15(25)9-17(28-12)20(27)22-18-11-21(18)4-6-24(7-5-21)19(26)10-16-13(2)23-29-14(16)3/h8-9,18H,4-7,10-11H2,1-3H3,(H,22,27). The van der Waals surface area contributed by atoms with Crippen LogP contribution < -0.4 is 10.7 Å². The van der Waals surface area contributed by atoms with Gasteiger partial charge in [-0.15, -0.1) is 0 Å².